The summed E-state index contributed by atoms with van der Waals surface area (Å²) in [6, 6.07) is 5.83. The molecule has 9 nitrogen and oxygen atoms in total. The maximum atomic E-state index is 17.0. The van der Waals surface area contributed by atoms with Crippen molar-refractivity contribution in [2.45, 2.75) is 32.9 Å². The smallest absolute Gasteiger partial charge is 0.319 e. The molecule has 1 saturated heterocycles. The fraction of sp³-hybridized carbons (Fsp3) is 0.394. The van der Waals surface area contributed by atoms with Crippen LogP contribution in [-0.2, 0) is 0 Å². The number of nitrogens with zero attached hydrogens (tertiary/aromatic N) is 7. The highest BCUT2D eigenvalue weighted by Gasteiger charge is 2.44. The van der Waals surface area contributed by atoms with Crippen LogP contribution in [0.25, 0.3) is 32.1 Å². The van der Waals surface area contributed by atoms with Crippen LogP contribution in [-0.4, -0.2) is 78.9 Å². The van der Waals surface area contributed by atoms with Gasteiger partial charge in [0.2, 0.25) is 6.43 Å². The SMILES string of the molecule is C[C@H](N1C=CN=CC1)N(C)c1nc(OC[C@]2(C)CN(C)CC[C@@H]2C(F)F)nc2c(F)c(-c3ccc(F)c4sc(N)c(C#N)c34)c(Cl)cc12. The van der Waals surface area contributed by atoms with E-state index in [1.54, 1.807) is 31.3 Å². The third-order valence-corrected chi connectivity index (χ3v) is 10.7. The number of hydrogen-bond acceptors (Lipinski definition) is 10. The molecule has 0 amide bonds. The van der Waals surface area contributed by atoms with E-state index in [0.717, 1.165) is 11.3 Å². The predicted molar refractivity (Wildman–Crippen MR) is 182 cm³/mol. The van der Waals surface area contributed by atoms with Gasteiger partial charge < -0.3 is 25.2 Å². The predicted octanol–water partition coefficient (Wildman–Crippen LogP) is 7.14. The molecule has 2 N–H and O–H groups in total. The van der Waals surface area contributed by atoms with Gasteiger partial charge in [-0.1, -0.05) is 24.6 Å². The molecule has 4 heterocycles. The number of benzene rings is 2. The average molecular weight is 701 g/mol. The summed E-state index contributed by atoms with van der Waals surface area (Å²) in [4.78, 5) is 19.0. The lowest BCUT2D eigenvalue weighted by Crippen LogP contribution is -2.51. The third-order valence-electron chi connectivity index (χ3n) is 9.34. The Morgan fingerprint density at radius 2 is 2.06 bits per heavy atom. The molecule has 15 heteroatoms. The lowest BCUT2D eigenvalue weighted by atomic mass is 9.73. The van der Waals surface area contributed by atoms with Gasteiger partial charge in [0.25, 0.3) is 0 Å². The number of aromatic nitrogens is 2. The highest BCUT2D eigenvalue weighted by atomic mass is 35.5. The number of aliphatic imine (C=N–C) groups is 1. The highest BCUT2D eigenvalue weighted by Crippen LogP contribution is 2.46. The average Bonchev–Trinajstić information content (AvgIpc) is 3.41. The quantitative estimate of drug-likeness (QED) is 0.194. The maximum Gasteiger partial charge on any atom is 0.319 e. The van der Waals surface area contributed by atoms with Crippen LogP contribution in [0.2, 0.25) is 5.02 Å². The molecular weight excluding hydrogens is 668 g/mol. The minimum atomic E-state index is -2.55. The minimum absolute atomic E-state index is 0.0124. The van der Waals surface area contributed by atoms with Gasteiger partial charge in [-0.3, -0.25) is 4.99 Å². The Labute approximate surface area is 283 Å². The summed E-state index contributed by atoms with van der Waals surface area (Å²) in [6.07, 6.45) is 2.66. The highest BCUT2D eigenvalue weighted by molar-refractivity contribution is 7.23. The van der Waals surface area contributed by atoms with E-state index < -0.39 is 29.4 Å². The van der Waals surface area contributed by atoms with E-state index in [-0.39, 0.29) is 72.3 Å². The first-order valence-corrected chi connectivity index (χ1v) is 16.4. The molecule has 2 aromatic heterocycles. The van der Waals surface area contributed by atoms with Crippen molar-refractivity contribution in [1.82, 2.24) is 19.8 Å². The van der Waals surface area contributed by atoms with Gasteiger partial charge in [-0.15, -0.1) is 11.3 Å². The summed E-state index contributed by atoms with van der Waals surface area (Å²) in [5, 5.41) is 10.3. The van der Waals surface area contributed by atoms with Gasteiger partial charge in [0.1, 0.15) is 28.2 Å². The van der Waals surface area contributed by atoms with Crippen molar-refractivity contribution in [3.63, 3.8) is 0 Å². The number of thiophene rings is 1. The van der Waals surface area contributed by atoms with Crippen molar-refractivity contribution in [3.05, 3.63) is 52.8 Å². The molecule has 0 aliphatic carbocycles. The Kier molecular flexibility index (Phi) is 9.14. The van der Waals surface area contributed by atoms with E-state index in [1.165, 1.54) is 18.2 Å². The molecule has 0 saturated carbocycles. The van der Waals surface area contributed by atoms with E-state index in [0.29, 0.717) is 26.1 Å². The number of halogens is 5. The Balaban J connectivity index is 1.52. The fourth-order valence-electron chi connectivity index (χ4n) is 6.65. The minimum Gasteiger partial charge on any atom is -0.463 e. The molecule has 2 aliphatic rings. The number of likely N-dealkylation sites (tertiary alicyclic amines) is 1. The Morgan fingerprint density at radius 1 is 1.29 bits per heavy atom. The number of rotatable bonds is 8. The molecule has 0 unspecified atom stereocenters. The van der Waals surface area contributed by atoms with Gasteiger partial charge in [0, 0.05) is 59.9 Å². The first-order chi connectivity index (χ1) is 22.8. The van der Waals surface area contributed by atoms with E-state index >= 15 is 4.39 Å². The second-order valence-corrected chi connectivity index (χ2v) is 14.0. The van der Waals surface area contributed by atoms with Crippen molar-refractivity contribution in [2.24, 2.45) is 16.3 Å². The summed E-state index contributed by atoms with van der Waals surface area (Å²) >= 11 is 7.69. The zero-order valence-electron chi connectivity index (χ0n) is 26.6. The van der Waals surface area contributed by atoms with Crippen molar-refractivity contribution >= 4 is 61.0 Å². The van der Waals surface area contributed by atoms with Crippen molar-refractivity contribution in [1.29, 1.82) is 5.26 Å². The van der Waals surface area contributed by atoms with Gasteiger partial charge in [-0.25, -0.2) is 17.6 Å². The van der Waals surface area contributed by atoms with Gasteiger partial charge in [-0.05, 0) is 44.6 Å². The number of hydrogen-bond donors (Lipinski definition) is 1. The fourth-order valence-corrected chi connectivity index (χ4v) is 7.89. The molecule has 3 atom stereocenters. The van der Waals surface area contributed by atoms with Crippen LogP contribution < -0.4 is 15.4 Å². The van der Waals surface area contributed by atoms with Gasteiger partial charge >= 0.3 is 6.01 Å². The topological polar surface area (TPSA) is 107 Å². The lowest BCUT2D eigenvalue weighted by Gasteiger charge is -2.44. The molecule has 4 aromatic rings. The van der Waals surface area contributed by atoms with Crippen LogP contribution in [0.5, 0.6) is 6.01 Å². The number of anilines is 2. The number of alkyl halides is 2. The number of ether oxygens (including phenoxy) is 1. The summed E-state index contributed by atoms with van der Waals surface area (Å²) in [6.45, 7) is 4.95. The molecule has 0 radical (unpaired) electrons. The maximum absolute atomic E-state index is 17.0. The zero-order valence-corrected chi connectivity index (χ0v) is 28.2. The molecule has 1 fully saturated rings. The second-order valence-electron chi connectivity index (χ2n) is 12.5. The standard InChI is InChI=1S/C33H33ClF4N8OS/c1-17(46-11-8-41-9-12-46)45(4)31-19-13-22(34)25(18-5-6-23(35)28-24(18)20(14-39)30(40)48-28)26(36)27(19)42-32(43-31)47-16-33(2)15-44(3)10-7-21(33)29(37)38/h5-6,8-9,11,13,17,21,29H,7,10,12,15-16,40H2,1-4H3/t17-,21+,33-/m0/s1. The Hall–Kier alpha value is -4.19. The van der Waals surface area contributed by atoms with Crippen molar-refractivity contribution in [3.8, 4) is 23.2 Å². The Bertz CT molecular complexity index is 2000. The molecule has 2 aliphatic heterocycles. The van der Waals surface area contributed by atoms with Crippen LogP contribution in [0.15, 0.2) is 35.6 Å². The molecule has 2 aromatic carbocycles. The van der Waals surface area contributed by atoms with Crippen molar-refractivity contribution < 1.29 is 22.3 Å². The zero-order chi connectivity index (χ0) is 34.5. The third kappa shape index (κ3) is 5.88. The summed E-state index contributed by atoms with van der Waals surface area (Å²) < 4.78 is 66.3. The van der Waals surface area contributed by atoms with Crippen LogP contribution in [0.3, 0.4) is 0 Å². The van der Waals surface area contributed by atoms with Crippen LogP contribution in [0.1, 0.15) is 25.8 Å². The number of piperidine rings is 1. The van der Waals surface area contributed by atoms with E-state index in [1.807, 2.05) is 36.0 Å². The molecule has 48 heavy (non-hydrogen) atoms. The number of nitrogen functional groups attached to an aromatic ring is 1. The summed E-state index contributed by atoms with van der Waals surface area (Å²) in [5.41, 5.74) is 5.03. The number of fused-ring (bicyclic) bond motifs is 2. The van der Waals surface area contributed by atoms with Gasteiger partial charge in [-0.2, -0.15) is 15.2 Å². The second kappa shape index (κ2) is 13.0. The summed E-state index contributed by atoms with van der Waals surface area (Å²) in [5.74, 6) is -2.10. The molecule has 0 spiro atoms. The molecule has 6 rings (SSSR count). The normalized spacial score (nSPS) is 20.5. The number of nitriles is 1. The first-order valence-electron chi connectivity index (χ1n) is 15.2. The first kappa shape index (κ1) is 33.7. The monoisotopic (exact) mass is 700 g/mol. The number of nitrogens with two attached hydrogens (primary N) is 1. The Morgan fingerprint density at radius 3 is 2.75 bits per heavy atom. The van der Waals surface area contributed by atoms with E-state index in [4.69, 9.17) is 22.1 Å². The molecule has 0 bridgehead atoms. The molecular formula is C33H33ClF4N8OS. The lowest BCUT2D eigenvalue weighted by molar-refractivity contribution is -0.0679. The van der Waals surface area contributed by atoms with E-state index in [9.17, 15) is 18.4 Å². The largest absolute Gasteiger partial charge is 0.463 e. The van der Waals surface area contributed by atoms with Crippen LogP contribution >= 0.6 is 22.9 Å². The van der Waals surface area contributed by atoms with Gasteiger partial charge in [0.15, 0.2) is 5.82 Å². The van der Waals surface area contributed by atoms with E-state index in [2.05, 4.69) is 15.0 Å². The van der Waals surface area contributed by atoms with Crippen LogP contribution in [0, 0.1) is 34.3 Å². The molecule has 252 valence electrons. The summed E-state index contributed by atoms with van der Waals surface area (Å²) in [7, 11) is 3.64. The van der Waals surface area contributed by atoms with Gasteiger partial charge in [0.05, 0.1) is 34.6 Å². The van der Waals surface area contributed by atoms with Crippen molar-refractivity contribution in [2.75, 3.05) is 51.0 Å². The van der Waals surface area contributed by atoms with Crippen LogP contribution in [0.4, 0.5) is 28.4 Å².